The van der Waals surface area contributed by atoms with Crippen LogP contribution in [0.5, 0.6) is 0 Å². The molecule has 0 aromatic rings. The van der Waals surface area contributed by atoms with Gasteiger partial charge in [-0.05, 0) is 0 Å². The Hall–Kier alpha value is -1.34. The highest BCUT2D eigenvalue weighted by Crippen LogP contribution is 2.31. The average molecular weight is 211 g/mol. The van der Waals surface area contributed by atoms with Crippen LogP contribution in [0.25, 0.3) is 0 Å². The second kappa shape index (κ2) is 2.83. The number of aliphatic carboxylic acids is 1. The van der Waals surface area contributed by atoms with E-state index in [0.29, 0.717) is 5.96 Å². The highest BCUT2D eigenvalue weighted by molar-refractivity contribution is 5.82. The molecule has 82 valence electrons. The fourth-order valence-corrected chi connectivity index (χ4v) is 2.81. The maximum absolute atomic E-state index is 11.0. The van der Waals surface area contributed by atoms with Crippen molar-refractivity contribution in [3.63, 3.8) is 0 Å². The molecule has 0 amide bonds. The van der Waals surface area contributed by atoms with Crippen molar-refractivity contribution in [1.82, 2.24) is 16.0 Å². The van der Waals surface area contributed by atoms with E-state index in [4.69, 9.17) is 10.8 Å². The Bertz CT molecular complexity index is 344. The summed E-state index contributed by atoms with van der Waals surface area (Å²) in [5.74, 6) is -0.335. The molecule has 15 heavy (non-hydrogen) atoms. The van der Waals surface area contributed by atoms with Gasteiger partial charge in [0, 0.05) is 18.5 Å². The van der Waals surface area contributed by atoms with E-state index < -0.39 is 12.0 Å². The van der Waals surface area contributed by atoms with Crippen LogP contribution in [0.3, 0.4) is 0 Å². The highest BCUT2D eigenvalue weighted by atomic mass is 16.4. The molecule has 2 fully saturated rings. The third-order valence-corrected chi connectivity index (χ3v) is 3.40. The SMILES string of the molecule is NC1=N[C@@H]2NC[C@@H]3N[C@H](C(=O)O)[C@H](N1)[C@@H]32. The maximum Gasteiger partial charge on any atom is 0.322 e. The van der Waals surface area contributed by atoms with Crippen molar-refractivity contribution in [2.75, 3.05) is 6.54 Å². The zero-order valence-corrected chi connectivity index (χ0v) is 7.97. The van der Waals surface area contributed by atoms with Gasteiger partial charge < -0.3 is 16.2 Å². The van der Waals surface area contributed by atoms with Crippen molar-refractivity contribution in [2.24, 2.45) is 16.6 Å². The molecule has 0 unspecified atom stereocenters. The van der Waals surface area contributed by atoms with Crippen LogP contribution >= 0.6 is 0 Å². The molecule has 0 saturated carbocycles. The fraction of sp³-hybridized carbons (Fsp3) is 0.750. The smallest absolute Gasteiger partial charge is 0.322 e. The summed E-state index contributed by atoms with van der Waals surface area (Å²) in [7, 11) is 0. The molecule has 3 aliphatic rings. The number of hydrogen-bond acceptors (Lipinski definition) is 6. The van der Waals surface area contributed by atoms with Crippen LogP contribution in [0.15, 0.2) is 4.99 Å². The number of rotatable bonds is 1. The quantitative estimate of drug-likeness (QED) is 0.321. The van der Waals surface area contributed by atoms with Crippen molar-refractivity contribution < 1.29 is 9.90 Å². The molecule has 0 aromatic carbocycles. The molecule has 3 rings (SSSR count). The Morgan fingerprint density at radius 1 is 1.60 bits per heavy atom. The van der Waals surface area contributed by atoms with Gasteiger partial charge in [-0.3, -0.25) is 15.4 Å². The first kappa shape index (κ1) is 8.93. The van der Waals surface area contributed by atoms with Gasteiger partial charge in [0.15, 0.2) is 5.96 Å². The monoisotopic (exact) mass is 211 g/mol. The molecule has 3 aliphatic heterocycles. The number of nitrogens with two attached hydrogens (primary N) is 1. The summed E-state index contributed by atoms with van der Waals surface area (Å²) < 4.78 is 0. The number of nitrogens with one attached hydrogen (secondary N) is 3. The summed E-state index contributed by atoms with van der Waals surface area (Å²) in [5.41, 5.74) is 5.62. The summed E-state index contributed by atoms with van der Waals surface area (Å²) >= 11 is 0. The molecule has 7 nitrogen and oxygen atoms in total. The number of carboxylic acid groups (broad SMARTS) is 1. The van der Waals surface area contributed by atoms with Crippen LogP contribution in [0.1, 0.15) is 0 Å². The van der Waals surface area contributed by atoms with E-state index in [1.807, 2.05) is 0 Å². The van der Waals surface area contributed by atoms with Gasteiger partial charge in [-0.25, -0.2) is 4.99 Å². The number of aliphatic imine (C=N–C) groups is 1. The van der Waals surface area contributed by atoms with E-state index in [9.17, 15) is 4.79 Å². The minimum atomic E-state index is -0.838. The van der Waals surface area contributed by atoms with Crippen LogP contribution in [0, 0.1) is 5.92 Å². The van der Waals surface area contributed by atoms with Crippen LogP contribution in [0.2, 0.25) is 0 Å². The standard InChI is InChI=1S/C8H13N5O2/c9-8-12-4-3-2(1-10-6(3)13-8)11-5(4)7(14)15/h2-6,10-11H,1H2,(H,14,15)(H3,9,12,13)/t2-,3+,4+,5-,6-/m0/s1. The molecule has 3 heterocycles. The Kier molecular flexibility index (Phi) is 1.68. The zero-order valence-electron chi connectivity index (χ0n) is 7.97. The van der Waals surface area contributed by atoms with Gasteiger partial charge in [0.2, 0.25) is 0 Å². The average Bonchev–Trinajstić information content (AvgIpc) is 2.70. The molecule has 0 spiro atoms. The second-order valence-corrected chi connectivity index (χ2v) is 4.20. The Morgan fingerprint density at radius 2 is 2.40 bits per heavy atom. The first-order chi connectivity index (χ1) is 7.16. The third-order valence-electron chi connectivity index (χ3n) is 3.40. The van der Waals surface area contributed by atoms with Gasteiger partial charge in [-0.15, -0.1) is 0 Å². The molecule has 0 aromatic heterocycles. The Labute approximate surface area is 86.1 Å². The second-order valence-electron chi connectivity index (χ2n) is 4.20. The highest BCUT2D eigenvalue weighted by Gasteiger charge is 2.54. The van der Waals surface area contributed by atoms with Crippen LogP contribution in [-0.2, 0) is 4.79 Å². The molecule has 5 atom stereocenters. The van der Waals surface area contributed by atoms with E-state index in [2.05, 4.69) is 20.9 Å². The van der Waals surface area contributed by atoms with Gasteiger partial charge in [0.1, 0.15) is 12.2 Å². The fourth-order valence-electron chi connectivity index (χ4n) is 2.81. The molecular formula is C8H13N5O2. The molecule has 0 aliphatic carbocycles. The largest absolute Gasteiger partial charge is 0.480 e. The molecular weight excluding hydrogens is 198 g/mol. The van der Waals surface area contributed by atoms with Crippen LogP contribution < -0.4 is 21.7 Å². The predicted molar refractivity (Wildman–Crippen MR) is 52.2 cm³/mol. The number of guanidine groups is 1. The van der Waals surface area contributed by atoms with Crippen molar-refractivity contribution >= 4 is 11.9 Å². The van der Waals surface area contributed by atoms with Gasteiger partial charge in [-0.1, -0.05) is 0 Å². The number of hydrogen-bond donors (Lipinski definition) is 5. The van der Waals surface area contributed by atoms with E-state index in [-0.39, 0.29) is 24.2 Å². The van der Waals surface area contributed by atoms with Crippen molar-refractivity contribution in [3.05, 3.63) is 0 Å². The number of nitrogens with zero attached hydrogens (tertiary/aromatic N) is 1. The molecule has 0 bridgehead atoms. The van der Waals surface area contributed by atoms with E-state index in [1.54, 1.807) is 0 Å². The van der Waals surface area contributed by atoms with Crippen molar-refractivity contribution in [3.8, 4) is 0 Å². The first-order valence-electron chi connectivity index (χ1n) is 4.99. The molecule has 2 saturated heterocycles. The van der Waals surface area contributed by atoms with Crippen LogP contribution in [0.4, 0.5) is 0 Å². The molecule has 0 radical (unpaired) electrons. The first-order valence-corrected chi connectivity index (χ1v) is 4.99. The minimum Gasteiger partial charge on any atom is -0.480 e. The summed E-state index contributed by atoms with van der Waals surface area (Å²) in [5, 5.41) is 18.3. The van der Waals surface area contributed by atoms with E-state index in [1.165, 1.54) is 0 Å². The van der Waals surface area contributed by atoms with E-state index in [0.717, 1.165) is 6.54 Å². The number of carboxylic acids is 1. The lowest BCUT2D eigenvalue weighted by molar-refractivity contribution is -0.139. The lowest BCUT2D eigenvalue weighted by Crippen LogP contribution is -2.58. The third kappa shape index (κ3) is 1.13. The lowest BCUT2D eigenvalue weighted by Gasteiger charge is -2.30. The zero-order chi connectivity index (χ0) is 10.6. The molecule has 7 heteroatoms. The predicted octanol–water partition coefficient (Wildman–Crippen LogP) is -2.76. The number of carbonyl (C=O) groups is 1. The lowest BCUT2D eigenvalue weighted by atomic mass is 9.92. The van der Waals surface area contributed by atoms with Gasteiger partial charge >= 0.3 is 5.97 Å². The maximum atomic E-state index is 11.0. The van der Waals surface area contributed by atoms with Crippen molar-refractivity contribution in [1.29, 1.82) is 0 Å². The summed E-state index contributed by atoms with van der Waals surface area (Å²) in [6.45, 7) is 0.744. The molecule has 6 N–H and O–H groups in total. The van der Waals surface area contributed by atoms with Crippen LogP contribution in [-0.4, -0.2) is 47.9 Å². The van der Waals surface area contributed by atoms with Gasteiger partial charge in [0.05, 0.1) is 6.04 Å². The topological polar surface area (TPSA) is 112 Å². The van der Waals surface area contributed by atoms with Gasteiger partial charge in [0.25, 0.3) is 0 Å². The van der Waals surface area contributed by atoms with Crippen molar-refractivity contribution in [2.45, 2.75) is 24.3 Å². The Balaban J connectivity index is 1.94. The Morgan fingerprint density at radius 3 is 3.13 bits per heavy atom. The van der Waals surface area contributed by atoms with Gasteiger partial charge in [-0.2, -0.15) is 0 Å². The summed E-state index contributed by atoms with van der Waals surface area (Å²) in [6, 6.07) is -0.561. The minimum absolute atomic E-state index is 0.0434. The summed E-state index contributed by atoms with van der Waals surface area (Å²) in [6.07, 6.45) is -0.0434. The normalized spacial score (nSPS) is 46.9. The van der Waals surface area contributed by atoms with E-state index >= 15 is 0 Å². The summed E-state index contributed by atoms with van der Waals surface area (Å²) in [4.78, 5) is 15.3.